The number of hydrogen-bond donors (Lipinski definition) is 1. The van der Waals surface area contributed by atoms with Crippen LogP contribution in [-0.4, -0.2) is 20.5 Å². The fourth-order valence-electron chi connectivity index (χ4n) is 1.97. The van der Waals surface area contributed by atoms with E-state index in [2.05, 4.69) is 9.71 Å². The standard InChI is InChI=1S/C14H11ClN2O4S/c1-20-13-5-2-9(15)6-12(13)17-22(18,19)10-3-4-11-14(7-10)21-8-16-11/h2-8,17H,1H3. The van der Waals surface area contributed by atoms with E-state index in [1.807, 2.05) is 0 Å². The molecule has 3 rings (SSSR count). The second-order valence-electron chi connectivity index (χ2n) is 4.43. The molecule has 114 valence electrons. The van der Waals surface area contributed by atoms with Crippen LogP contribution in [0.25, 0.3) is 11.1 Å². The summed E-state index contributed by atoms with van der Waals surface area (Å²) < 4.78 is 37.6. The van der Waals surface area contributed by atoms with E-state index in [1.54, 1.807) is 18.2 Å². The van der Waals surface area contributed by atoms with Crippen LogP contribution < -0.4 is 9.46 Å². The molecule has 0 aliphatic rings. The van der Waals surface area contributed by atoms with Crippen molar-refractivity contribution in [1.29, 1.82) is 0 Å². The number of ether oxygens (including phenoxy) is 1. The number of nitrogens with zero attached hydrogens (tertiary/aromatic N) is 1. The molecule has 6 nitrogen and oxygen atoms in total. The summed E-state index contributed by atoms with van der Waals surface area (Å²) in [6.45, 7) is 0. The van der Waals surface area contributed by atoms with Crippen LogP contribution in [0.1, 0.15) is 0 Å². The van der Waals surface area contributed by atoms with Crippen LogP contribution in [0.2, 0.25) is 5.02 Å². The lowest BCUT2D eigenvalue weighted by Crippen LogP contribution is -2.13. The Labute approximate surface area is 131 Å². The Balaban J connectivity index is 2.01. The van der Waals surface area contributed by atoms with E-state index in [9.17, 15) is 8.42 Å². The Bertz CT molecular complexity index is 937. The van der Waals surface area contributed by atoms with Crippen molar-refractivity contribution >= 4 is 38.4 Å². The van der Waals surface area contributed by atoms with Crippen LogP contribution >= 0.6 is 11.6 Å². The van der Waals surface area contributed by atoms with Gasteiger partial charge in [-0.15, -0.1) is 0 Å². The highest BCUT2D eigenvalue weighted by molar-refractivity contribution is 7.92. The molecule has 3 aromatic rings. The van der Waals surface area contributed by atoms with Crippen molar-refractivity contribution in [2.75, 3.05) is 11.8 Å². The SMILES string of the molecule is COc1ccc(Cl)cc1NS(=O)(=O)c1ccc2ncoc2c1. The van der Waals surface area contributed by atoms with Crippen LogP contribution in [-0.2, 0) is 10.0 Å². The summed E-state index contributed by atoms with van der Waals surface area (Å²) in [6, 6.07) is 9.10. The highest BCUT2D eigenvalue weighted by atomic mass is 35.5. The fraction of sp³-hybridized carbons (Fsp3) is 0.0714. The number of sulfonamides is 1. The van der Waals surface area contributed by atoms with E-state index in [0.717, 1.165) is 0 Å². The maximum absolute atomic E-state index is 12.5. The summed E-state index contributed by atoms with van der Waals surface area (Å²) in [4.78, 5) is 4.00. The van der Waals surface area contributed by atoms with Gasteiger partial charge in [-0.05, 0) is 30.3 Å². The lowest BCUT2D eigenvalue weighted by molar-refractivity contribution is 0.417. The van der Waals surface area contributed by atoms with E-state index < -0.39 is 10.0 Å². The van der Waals surface area contributed by atoms with Crippen LogP contribution in [0.3, 0.4) is 0 Å². The summed E-state index contributed by atoms with van der Waals surface area (Å²) in [5.74, 6) is 0.369. The molecule has 1 aromatic heterocycles. The van der Waals surface area contributed by atoms with E-state index in [4.69, 9.17) is 20.8 Å². The molecule has 0 saturated carbocycles. The molecular weight excluding hydrogens is 328 g/mol. The van der Waals surface area contributed by atoms with Gasteiger partial charge in [0.1, 0.15) is 11.3 Å². The van der Waals surface area contributed by atoms with Crippen LogP contribution in [0.5, 0.6) is 5.75 Å². The summed E-state index contributed by atoms with van der Waals surface area (Å²) >= 11 is 5.90. The first-order chi connectivity index (χ1) is 10.5. The third kappa shape index (κ3) is 2.72. The lowest BCUT2D eigenvalue weighted by atomic mass is 10.3. The van der Waals surface area contributed by atoms with E-state index >= 15 is 0 Å². The minimum atomic E-state index is -3.81. The van der Waals surface area contributed by atoms with Gasteiger partial charge in [-0.1, -0.05) is 11.6 Å². The molecule has 0 fully saturated rings. The molecule has 0 saturated heterocycles. The summed E-state index contributed by atoms with van der Waals surface area (Å²) in [5, 5.41) is 0.393. The van der Waals surface area contributed by atoms with Crippen molar-refractivity contribution in [3.8, 4) is 5.75 Å². The number of aromatic nitrogens is 1. The Hall–Kier alpha value is -2.25. The van der Waals surface area contributed by atoms with Gasteiger partial charge in [-0.2, -0.15) is 0 Å². The molecular formula is C14H11ClN2O4S. The summed E-state index contributed by atoms with van der Waals surface area (Å²) in [7, 11) is -2.36. The number of benzene rings is 2. The van der Waals surface area contributed by atoms with Gasteiger partial charge in [-0.3, -0.25) is 4.72 Å². The van der Waals surface area contributed by atoms with Gasteiger partial charge in [0.15, 0.2) is 12.0 Å². The van der Waals surface area contributed by atoms with Gasteiger partial charge in [0.25, 0.3) is 10.0 Å². The van der Waals surface area contributed by atoms with Gasteiger partial charge in [0.2, 0.25) is 0 Å². The van der Waals surface area contributed by atoms with Gasteiger partial charge in [0, 0.05) is 11.1 Å². The summed E-state index contributed by atoms with van der Waals surface area (Å²) in [6.07, 6.45) is 1.26. The first kappa shape index (κ1) is 14.7. The van der Waals surface area contributed by atoms with Gasteiger partial charge < -0.3 is 9.15 Å². The van der Waals surface area contributed by atoms with Crippen LogP contribution in [0.15, 0.2) is 52.1 Å². The third-order valence-corrected chi connectivity index (χ3v) is 4.62. The second kappa shape index (κ2) is 5.51. The molecule has 2 aromatic carbocycles. The van der Waals surface area contributed by atoms with Gasteiger partial charge in [-0.25, -0.2) is 13.4 Å². The van der Waals surface area contributed by atoms with Crippen molar-refractivity contribution < 1.29 is 17.6 Å². The maximum Gasteiger partial charge on any atom is 0.262 e. The molecule has 0 radical (unpaired) electrons. The molecule has 1 N–H and O–H groups in total. The molecule has 0 aliphatic carbocycles. The monoisotopic (exact) mass is 338 g/mol. The number of anilines is 1. The third-order valence-electron chi connectivity index (χ3n) is 3.02. The molecule has 0 atom stereocenters. The smallest absolute Gasteiger partial charge is 0.262 e. The lowest BCUT2D eigenvalue weighted by Gasteiger charge is -2.12. The fourth-order valence-corrected chi connectivity index (χ4v) is 3.21. The van der Waals surface area contributed by atoms with Gasteiger partial charge in [0.05, 0.1) is 17.7 Å². The normalized spacial score (nSPS) is 11.5. The predicted molar refractivity (Wildman–Crippen MR) is 82.8 cm³/mol. The van der Waals surface area contributed by atoms with E-state index in [1.165, 1.54) is 31.7 Å². The molecule has 0 amide bonds. The Morgan fingerprint density at radius 2 is 2.05 bits per heavy atom. The van der Waals surface area contributed by atoms with E-state index in [0.29, 0.717) is 21.9 Å². The zero-order chi connectivity index (χ0) is 15.7. The minimum absolute atomic E-state index is 0.0544. The maximum atomic E-state index is 12.5. The number of methoxy groups -OCH3 is 1. The van der Waals surface area contributed by atoms with Crippen LogP contribution in [0, 0.1) is 0 Å². The molecule has 0 spiro atoms. The number of nitrogens with one attached hydrogen (secondary N) is 1. The predicted octanol–water partition coefficient (Wildman–Crippen LogP) is 3.29. The molecule has 0 bridgehead atoms. The Morgan fingerprint density at radius 3 is 2.82 bits per heavy atom. The quantitative estimate of drug-likeness (QED) is 0.789. The zero-order valence-electron chi connectivity index (χ0n) is 11.4. The van der Waals surface area contributed by atoms with Crippen molar-refractivity contribution in [2.45, 2.75) is 4.90 Å². The largest absolute Gasteiger partial charge is 0.495 e. The second-order valence-corrected chi connectivity index (χ2v) is 6.55. The van der Waals surface area contributed by atoms with Crippen molar-refractivity contribution in [3.63, 3.8) is 0 Å². The van der Waals surface area contributed by atoms with Crippen LogP contribution in [0.4, 0.5) is 5.69 Å². The van der Waals surface area contributed by atoms with Crippen molar-refractivity contribution in [3.05, 3.63) is 47.8 Å². The molecule has 8 heteroatoms. The molecule has 1 heterocycles. The van der Waals surface area contributed by atoms with Gasteiger partial charge >= 0.3 is 0 Å². The molecule has 0 unspecified atom stereocenters. The molecule has 0 aliphatic heterocycles. The topological polar surface area (TPSA) is 81.4 Å². The number of rotatable bonds is 4. The average Bonchev–Trinajstić information content (AvgIpc) is 2.94. The Morgan fingerprint density at radius 1 is 1.23 bits per heavy atom. The van der Waals surface area contributed by atoms with Crippen molar-refractivity contribution in [2.24, 2.45) is 0 Å². The minimum Gasteiger partial charge on any atom is -0.495 e. The highest BCUT2D eigenvalue weighted by Gasteiger charge is 2.18. The van der Waals surface area contributed by atoms with E-state index in [-0.39, 0.29) is 10.6 Å². The first-order valence-corrected chi connectivity index (χ1v) is 8.05. The number of hydrogen-bond acceptors (Lipinski definition) is 5. The number of oxazole rings is 1. The number of fused-ring (bicyclic) bond motifs is 1. The Kier molecular flexibility index (Phi) is 3.67. The average molecular weight is 339 g/mol. The summed E-state index contributed by atoms with van der Waals surface area (Å²) in [5.41, 5.74) is 1.23. The molecule has 22 heavy (non-hydrogen) atoms. The first-order valence-electron chi connectivity index (χ1n) is 6.19. The highest BCUT2D eigenvalue weighted by Crippen LogP contribution is 2.30. The number of halogens is 1. The van der Waals surface area contributed by atoms with Crippen molar-refractivity contribution in [1.82, 2.24) is 4.98 Å². The zero-order valence-corrected chi connectivity index (χ0v) is 13.0.